The first-order chi connectivity index (χ1) is 15.9. The van der Waals surface area contributed by atoms with Gasteiger partial charge in [0, 0.05) is 18.2 Å². The summed E-state index contributed by atoms with van der Waals surface area (Å²) in [5.41, 5.74) is -1.90. The molecular formula is C21H17F6N3O4. The molecule has 13 heteroatoms. The zero-order chi connectivity index (χ0) is 25.1. The Morgan fingerprint density at radius 3 is 2.18 bits per heavy atom. The first kappa shape index (κ1) is 24.7. The number of ether oxygens (including phenoxy) is 3. The Kier molecular flexibility index (Phi) is 6.93. The lowest BCUT2D eigenvalue weighted by Crippen LogP contribution is -2.26. The molecule has 182 valence electrons. The molecule has 0 aliphatic rings. The van der Waals surface area contributed by atoms with E-state index in [1.54, 1.807) is 18.2 Å². The van der Waals surface area contributed by atoms with Crippen LogP contribution >= 0.6 is 0 Å². The smallest absolute Gasteiger partial charge is 0.497 e. The molecule has 3 aromatic rings. The number of nitrogens with one attached hydrogen (secondary N) is 1. The molecule has 34 heavy (non-hydrogen) atoms. The van der Waals surface area contributed by atoms with Crippen molar-refractivity contribution in [3.05, 3.63) is 65.5 Å². The third-order valence-electron chi connectivity index (χ3n) is 4.53. The van der Waals surface area contributed by atoms with E-state index in [1.807, 2.05) is 0 Å². The van der Waals surface area contributed by atoms with E-state index in [0.29, 0.717) is 21.7 Å². The Morgan fingerprint density at radius 2 is 1.62 bits per heavy atom. The topological polar surface area (TPSA) is 74.6 Å². The first-order valence-corrected chi connectivity index (χ1v) is 9.43. The second kappa shape index (κ2) is 9.53. The van der Waals surface area contributed by atoms with Crippen molar-refractivity contribution in [2.75, 3.05) is 14.2 Å². The van der Waals surface area contributed by atoms with Gasteiger partial charge in [0.05, 0.1) is 31.7 Å². The van der Waals surface area contributed by atoms with E-state index >= 15 is 0 Å². The molecule has 1 heterocycles. The van der Waals surface area contributed by atoms with Crippen molar-refractivity contribution in [2.24, 2.45) is 0 Å². The lowest BCUT2D eigenvalue weighted by molar-refractivity contribution is -0.274. The predicted molar refractivity (Wildman–Crippen MR) is 106 cm³/mol. The van der Waals surface area contributed by atoms with Crippen LogP contribution in [0.15, 0.2) is 48.7 Å². The highest BCUT2D eigenvalue weighted by Crippen LogP contribution is 2.34. The number of hydrogen-bond acceptors (Lipinski definition) is 5. The molecule has 7 nitrogen and oxygen atoms in total. The normalized spacial score (nSPS) is 11.8. The van der Waals surface area contributed by atoms with E-state index in [2.05, 4.69) is 15.2 Å². The Balaban J connectivity index is 1.86. The van der Waals surface area contributed by atoms with Crippen LogP contribution in [0.1, 0.15) is 21.6 Å². The number of nitrogens with zero attached hydrogens (tertiary/aromatic N) is 2. The van der Waals surface area contributed by atoms with E-state index in [0.717, 1.165) is 30.5 Å². The number of amides is 1. The van der Waals surface area contributed by atoms with E-state index in [4.69, 9.17) is 9.47 Å². The Labute approximate surface area is 188 Å². The van der Waals surface area contributed by atoms with E-state index in [9.17, 15) is 31.1 Å². The van der Waals surface area contributed by atoms with Gasteiger partial charge in [-0.3, -0.25) is 4.79 Å². The lowest BCUT2D eigenvalue weighted by Gasteiger charge is -2.14. The molecule has 1 amide bonds. The molecule has 0 saturated carbocycles. The summed E-state index contributed by atoms with van der Waals surface area (Å²) in [6, 6.07) is 8.29. The Bertz CT molecular complexity index is 1160. The quantitative estimate of drug-likeness (QED) is 0.486. The van der Waals surface area contributed by atoms with E-state index in [1.165, 1.54) is 14.2 Å². The highest BCUT2D eigenvalue weighted by molar-refractivity contribution is 5.95. The van der Waals surface area contributed by atoms with Gasteiger partial charge in [0.15, 0.2) is 5.69 Å². The first-order valence-electron chi connectivity index (χ1n) is 9.43. The number of carbonyl (C=O) groups excluding carboxylic acids is 1. The summed E-state index contributed by atoms with van der Waals surface area (Å²) >= 11 is 0. The van der Waals surface area contributed by atoms with Gasteiger partial charge in [-0.25, -0.2) is 4.68 Å². The maximum Gasteiger partial charge on any atom is 0.573 e. The maximum atomic E-state index is 13.8. The van der Waals surface area contributed by atoms with Crippen LogP contribution in [0.25, 0.3) is 5.69 Å². The second-order valence-electron chi connectivity index (χ2n) is 6.72. The number of methoxy groups -OCH3 is 2. The Hall–Kier alpha value is -3.90. The molecule has 0 atom stereocenters. The van der Waals surface area contributed by atoms with Crippen molar-refractivity contribution in [3.8, 4) is 22.9 Å². The molecule has 0 spiro atoms. The van der Waals surface area contributed by atoms with Gasteiger partial charge < -0.3 is 19.5 Å². The van der Waals surface area contributed by atoms with Gasteiger partial charge >= 0.3 is 12.5 Å². The lowest BCUT2D eigenvalue weighted by atomic mass is 10.1. The molecule has 3 rings (SSSR count). The van der Waals surface area contributed by atoms with Crippen molar-refractivity contribution >= 4 is 5.91 Å². The van der Waals surface area contributed by atoms with Crippen molar-refractivity contribution in [1.29, 1.82) is 0 Å². The summed E-state index contributed by atoms with van der Waals surface area (Å²) in [6.07, 6.45) is -9.23. The summed E-state index contributed by atoms with van der Waals surface area (Å²) in [7, 11) is 2.83. The monoisotopic (exact) mass is 489 g/mol. The van der Waals surface area contributed by atoms with Crippen LogP contribution in [0.2, 0.25) is 0 Å². The highest BCUT2D eigenvalue weighted by Gasteiger charge is 2.40. The number of carbonyl (C=O) groups is 1. The number of rotatable bonds is 7. The third kappa shape index (κ3) is 5.71. The van der Waals surface area contributed by atoms with Gasteiger partial charge in [-0.2, -0.15) is 18.3 Å². The van der Waals surface area contributed by atoms with Crippen LogP contribution in [0.3, 0.4) is 0 Å². The van der Waals surface area contributed by atoms with E-state index < -0.39 is 35.5 Å². The molecule has 0 aliphatic heterocycles. The highest BCUT2D eigenvalue weighted by atomic mass is 19.4. The number of alkyl halides is 6. The SMILES string of the molecule is COc1ccc(CNC(=O)c2cnn(-c3ccc(OC(F)(F)F)cc3)c2C(F)(F)F)c(OC)c1. The fraction of sp³-hybridized carbons (Fsp3) is 0.238. The summed E-state index contributed by atoms with van der Waals surface area (Å²) in [4.78, 5) is 12.6. The molecular weight excluding hydrogens is 472 g/mol. The number of aromatic nitrogens is 2. The van der Waals surface area contributed by atoms with Gasteiger partial charge in [0.2, 0.25) is 0 Å². The Morgan fingerprint density at radius 1 is 0.971 bits per heavy atom. The van der Waals surface area contributed by atoms with Gasteiger partial charge in [-0.1, -0.05) is 0 Å². The predicted octanol–water partition coefficient (Wildman–Crippen LogP) is 4.74. The zero-order valence-electron chi connectivity index (χ0n) is 17.6. The average molecular weight is 489 g/mol. The third-order valence-corrected chi connectivity index (χ3v) is 4.53. The van der Waals surface area contributed by atoms with Gasteiger partial charge in [0.25, 0.3) is 5.91 Å². The maximum absolute atomic E-state index is 13.8. The largest absolute Gasteiger partial charge is 0.573 e. The summed E-state index contributed by atoms with van der Waals surface area (Å²) in [6.45, 7) is -0.155. The van der Waals surface area contributed by atoms with Gasteiger partial charge in [-0.05, 0) is 36.4 Å². The number of halogens is 6. The van der Waals surface area contributed by atoms with Crippen LogP contribution < -0.4 is 19.5 Å². The van der Waals surface area contributed by atoms with E-state index in [-0.39, 0.29) is 12.2 Å². The molecule has 0 bridgehead atoms. The minimum atomic E-state index is -5.00. The van der Waals surface area contributed by atoms with Crippen molar-refractivity contribution in [2.45, 2.75) is 19.1 Å². The van der Waals surface area contributed by atoms with Crippen molar-refractivity contribution in [1.82, 2.24) is 15.1 Å². The molecule has 0 saturated heterocycles. The number of hydrogen-bond donors (Lipinski definition) is 1. The molecule has 0 radical (unpaired) electrons. The fourth-order valence-electron chi connectivity index (χ4n) is 3.04. The molecule has 0 fully saturated rings. The van der Waals surface area contributed by atoms with Crippen molar-refractivity contribution in [3.63, 3.8) is 0 Å². The standard InChI is InChI=1S/C21H17F6N3O4/c1-32-15-6-3-12(17(9-15)33-2)10-28-19(31)16-11-29-30(18(16)20(22,23)24)13-4-7-14(8-5-13)34-21(25,26)27/h3-9,11H,10H2,1-2H3,(H,28,31). The van der Waals surface area contributed by atoms with Crippen LogP contribution in [0.4, 0.5) is 26.3 Å². The van der Waals surface area contributed by atoms with Gasteiger partial charge in [-0.15, -0.1) is 13.2 Å². The minimum absolute atomic E-state index is 0.155. The van der Waals surface area contributed by atoms with Crippen LogP contribution in [0, 0.1) is 0 Å². The summed E-state index contributed by atoms with van der Waals surface area (Å²) in [5, 5.41) is 6.00. The fourth-order valence-corrected chi connectivity index (χ4v) is 3.04. The van der Waals surface area contributed by atoms with Crippen molar-refractivity contribution < 1.29 is 45.3 Å². The average Bonchev–Trinajstić information content (AvgIpc) is 3.23. The minimum Gasteiger partial charge on any atom is -0.497 e. The molecule has 1 N–H and O–H groups in total. The van der Waals surface area contributed by atoms with Gasteiger partial charge in [0.1, 0.15) is 17.2 Å². The zero-order valence-corrected chi connectivity index (χ0v) is 17.6. The van der Waals surface area contributed by atoms with Crippen LogP contribution in [0.5, 0.6) is 17.2 Å². The molecule has 1 aromatic heterocycles. The summed E-state index contributed by atoms with van der Waals surface area (Å²) in [5.74, 6) is -0.844. The van der Waals surface area contributed by atoms with Crippen LogP contribution in [-0.4, -0.2) is 36.3 Å². The second-order valence-corrected chi connectivity index (χ2v) is 6.72. The molecule has 2 aromatic carbocycles. The molecule has 0 unspecified atom stereocenters. The molecule has 0 aliphatic carbocycles. The van der Waals surface area contributed by atoms with Crippen LogP contribution in [-0.2, 0) is 12.7 Å². The summed E-state index contributed by atoms with van der Waals surface area (Å²) < 4.78 is 92.7. The number of benzene rings is 2.